The van der Waals surface area contributed by atoms with Crippen LogP contribution in [0.3, 0.4) is 0 Å². The van der Waals surface area contributed by atoms with Crippen molar-refractivity contribution in [2.75, 3.05) is 13.2 Å². The second kappa shape index (κ2) is 55.2. The molecule has 0 heterocycles. The fourth-order valence-electron chi connectivity index (χ4n) is 7.70. The van der Waals surface area contributed by atoms with Crippen molar-refractivity contribution >= 4 is 17.9 Å². The molecule has 0 saturated heterocycles. The van der Waals surface area contributed by atoms with Gasteiger partial charge in [0.2, 0.25) is 0 Å². The van der Waals surface area contributed by atoms with Crippen LogP contribution in [0.25, 0.3) is 0 Å². The summed E-state index contributed by atoms with van der Waals surface area (Å²) in [4.78, 5) is 38.1. The average Bonchev–Trinajstić information content (AvgIpc) is 3.33. The summed E-state index contributed by atoms with van der Waals surface area (Å²) in [5.41, 5.74) is 0. The van der Waals surface area contributed by atoms with Gasteiger partial charge in [0.05, 0.1) is 0 Å². The van der Waals surface area contributed by atoms with Gasteiger partial charge in [-0.05, 0) is 83.5 Å². The highest BCUT2D eigenvalue weighted by Crippen LogP contribution is 2.15. The fourth-order valence-corrected chi connectivity index (χ4v) is 7.70. The molecule has 0 aliphatic rings. The van der Waals surface area contributed by atoms with Crippen molar-refractivity contribution in [1.29, 1.82) is 0 Å². The second-order valence-electron chi connectivity index (χ2n) is 18.5. The van der Waals surface area contributed by atoms with Gasteiger partial charge in [-0.3, -0.25) is 14.4 Å². The minimum Gasteiger partial charge on any atom is -0.462 e. The number of carbonyl (C=O) groups excluding carboxylic acids is 3. The van der Waals surface area contributed by atoms with Crippen molar-refractivity contribution in [3.8, 4) is 0 Å². The molecule has 0 radical (unpaired) electrons. The highest BCUT2D eigenvalue weighted by molar-refractivity contribution is 5.71. The molecule has 6 nitrogen and oxygen atoms in total. The Labute approximate surface area is 414 Å². The summed E-state index contributed by atoms with van der Waals surface area (Å²) in [6, 6.07) is 0. The maximum Gasteiger partial charge on any atom is 0.306 e. The molecule has 384 valence electrons. The zero-order chi connectivity index (χ0) is 48.6. The average molecular weight is 933 g/mol. The first-order valence-corrected chi connectivity index (χ1v) is 28.1. The molecule has 0 aliphatic heterocycles. The maximum absolute atomic E-state index is 12.8. The molecule has 0 aromatic rings. The Morgan fingerprint density at radius 2 is 0.612 bits per heavy atom. The Bertz CT molecular complexity index is 1300. The van der Waals surface area contributed by atoms with Gasteiger partial charge in [0.15, 0.2) is 6.10 Å². The molecular formula is C61H104O6. The van der Waals surface area contributed by atoms with Crippen LogP contribution in [0.1, 0.15) is 265 Å². The molecule has 0 amide bonds. The third kappa shape index (κ3) is 53.4. The highest BCUT2D eigenvalue weighted by atomic mass is 16.6. The van der Waals surface area contributed by atoms with E-state index in [0.29, 0.717) is 19.3 Å². The van der Waals surface area contributed by atoms with Crippen molar-refractivity contribution in [1.82, 2.24) is 0 Å². The molecule has 0 aliphatic carbocycles. The monoisotopic (exact) mass is 933 g/mol. The summed E-state index contributed by atoms with van der Waals surface area (Å²) in [6.45, 7) is 6.46. The minimum atomic E-state index is -0.808. The number of allylic oxidation sites excluding steroid dienone is 14. The molecule has 6 heteroatoms. The largest absolute Gasteiger partial charge is 0.462 e. The summed E-state index contributed by atoms with van der Waals surface area (Å²) in [6.07, 6.45) is 71.5. The smallest absolute Gasteiger partial charge is 0.306 e. The Morgan fingerprint density at radius 1 is 0.313 bits per heavy atom. The Hall–Kier alpha value is -3.41. The Kier molecular flexibility index (Phi) is 52.4. The third-order valence-corrected chi connectivity index (χ3v) is 11.9. The van der Waals surface area contributed by atoms with Crippen molar-refractivity contribution in [2.24, 2.45) is 0 Å². The number of unbranched alkanes of at least 4 members (excludes halogenated alkanes) is 25. The number of hydrogen-bond acceptors (Lipinski definition) is 6. The van der Waals surface area contributed by atoms with Crippen LogP contribution in [0, 0.1) is 0 Å². The van der Waals surface area contributed by atoms with E-state index in [0.717, 1.165) is 77.0 Å². The highest BCUT2D eigenvalue weighted by Gasteiger charge is 2.19. The van der Waals surface area contributed by atoms with Crippen LogP contribution >= 0.6 is 0 Å². The van der Waals surface area contributed by atoms with Crippen molar-refractivity contribution in [3.63, 3.8) is 0 Å². The number of rotatable bonds is 50. The minimum absolute atomic E-state index is 0.0995. The van der Waals surface area contributed by atoms with Crippen LogP contribution < -0.4 is 0 Å². The van der Waals surface area contributed by atoms with E-state index >= 15 is 0 Å². The summed E-state index contributed by atoms with van der Waals surface area (Å²) in [5, 5.41) is 0. The van der Waals surface area contributed by atoms with Crippen LogP contribution in [0.5, 0.6) is 0 Å². The first-order valence-electron chi connectivity index (χ1n) is 28.1. The van der Waals surface area contributed by atoms with E-state index in [1.807, 2.05) is 6.08 Å². The summed E-state index contributed by atoms with van der Waals surface area (Å²) < 4.78 is 16.8. The van der Waals surface area contributed by atoms with E-state index in [9.17, 15) is 14.4 Å². The first-order chi connectivity index (χ1) is 33.0. The fraction of sp³-hybridized carbons (Fsp3) is 0.721. The lowest BCUT2D eigenvalue weighted by atomic mass is 10.0. The molecule has 0 spiro atoms. The Balaban J connectivity index is 4.49. The van der Waals surface area contributed by atoms with Crippen LogP contribution in [0.2, 0.25) is 0 Å². The molecule has 0 rings (SSSR count). The van der Waals surface area contributed by atoms with Gasteiger partial charge in [-0.1, -0.05) is 247 Å². The van der Waals surface area contributed by atoms with E-state index < -0.39 is 6.10 Å². The molecule has 0 aromatic carbocycles. The van der Waals surface area contributed by atoms with Gasteiger partial charge in [-0.25, -0.2) is 0 Å². The lowest BCUT2D eigenvalue weighted by Gasteiger charge is -2.18. The van der Waals surface area contributed by atoms with Crippen LogP contribution in [0.4, 0.5) is 0 Å². The predicted octanol–water partition coefficient (Wildman–Crippen LogP) is 18.8. The topological polar surface area (TPSA) is 78.9 Å². The van der Waals surface area contributed by atoms with E-state index in [-0.39, 0.29) is 37.5 Å². The number of carbonyl (C=O) groups is 3. The summed E-state index contributed by atoms with van der Waals surface area (Å²) in [7, 11) is 0. The van der Waals surface area contributed by atoms with Crippen LogP contribution in [-0.4, -0.2) is 37.2 Å². The molecule has 0 fully saturated rings. The first kappa shape index (κ1) is 63.6. The van der Waals surface area contributed by atoms with Crippen molar-refractivity contribution in [3.05, 3.63) is 85.1 Å². The predicted molar refractivity (Wildman–Crippen MR) is 288 cm³/mol. The van der Waals surface area contributed by atoms with E-state index in [4.69, 9.17) is 14.2 Å². The standard InChI is InChI=1S/C61H104O6/c1-4-7-10-13-16-19-22-25-27-29-30-32-33-36-39-42-45-48-51-54-60(63)66-57-58(56-65-59(62)53-50-47-44-41-38-35-24-21-18-15-12-9-6-3)67-61(64)55-52-49-46-43-40-37-34-31-28-26-23-20-17-14-11-8-5-2/h7,10,16,19,25-28,30,32,36,39,45,48,58H,4-6,8-9,11-15,17-18,20-24,29,31,33-35,37-38,40-44,46-47,49-57H2,1-3H3/b10-7-,19-16-,27-25-,28-26-,32-30-,39-36-,48-45-/t58-/m1/s1. The Morgan fingerprint density at radius 3 is 1.00 bits per heavy atom. The molecular weight excluding hydrogens is 829 g/mol. The summed E-state index contributed by atoms with van der Waals surface area (Å²) >= 11 is 0. The third-order valence-electron chi connectivity index (χ3n) is 11.9. The lowest BCUT2D eigenvalue weighted by molar-refractivity contribution is -0.166. The molecule has 0 N–H and O–H groups in total. The van der Waals surface area contributed by atoms with Gasteiger partial charge < -0.3 is 14.2 Å². The molecule has 0 saturated carbocycles. The normalized spacial score (nSPS) is 12.7. The van der Waals surface area contributed by atoms with Crippen LogP contribution in [0.15, 0.2) is 85.1 Å². The van der Waals surface area contributed by atoms with Gasteiger partial charge >= 0.3 is 17.9 Å². The van der Waals surface area contributed by atoms with Crippen molar-refractivity contribution in [2.45, 2.75) is 271 Å². The quantitative estimate of drug-likeness (QED) is 0.0262. The van der Waals surface area contributed by atoms with Gasteiger partial charge in [0.25, 0.3) is 0 Å². The molecule has 67 heavy (non-hydrogen) atoms. The lowest BCUT2D eigenvalue weighted by Crippen LogP contribution is -2.30. The van der Waals surface area contributed by atoms with Gasteiger partial charge in [-0.2, -0.15) is 0 Å². The molecule has 0 unspecified atom stereocenters. The molecule has 0 aromatic heterocycles. The zero-order valence-electron chi connectivity index (χ0n) is 43.9. The van der Waals surface area contributed by atoms with Crippen molar-refractivity contribution < 1.29 is 28.6 Å². The van der Waals surface area contributed by atoms with Gasteiger partial charge in [-0.15, -0.1) is 0 Å². The molecule has 1 atom stereocenters. The van der Waals surface area contributed by atoms with E-state index in [1.54, 1.807) is 0 Å². The second-order valence-corrected chi connectivity index (χ2v) is 18.5. The van der Waals surface area contributed by atoms with Gasteiger partial charge in [0, 0.05) is 19.3 Å². The zero-order valence-corrected chi connectivity index (χ0v) is 43.9. The number of esters is 3. The number of ether oxygens (including phenoxy) is 3. The summed E-state index contributed by atoms with van der Waals surface area (Å²) in [5.74, 6) is -0.986. The maximum atomic E-state index is 12.8. The molecule has 0 bridgehead atoms. The van der Waals surface area contributed by atoms with Gasteiger partial charge in [0.1, 0.15) is 13.2 Å². The van der Waals surface area contributed by atoms with E-state index in [1.165, 1.54) is 141 Å². The SMILES string of the molecule is CC/C=C\C/C=C\C/C=C\C/C=C\C/C=C\C/C=C\CCC(=O)OC[C@@H](COC(=O)CCCCCCCCCCCCCCC)OC(=O)CCCCCCCCC/C=C\CCCCCCCC. The number of hydrogen-bond donors (Lipinski definition) is 0. The van der Waals surface area contributed by atoms with E-state index in [2.05, 4.69) is 99.8 Å². The van der Waals surface area contributed by atoms with Crippen LogP contribution in [-0.2, 0) is 28.6 Å².